The van der Waals surface area contributed by atoms with Gasteiger partial charge in [-0.2, -0.15) is 0 Å². The molecule has 76 valence electrons. The van der Waals surface area contributed by atoms with Gasteiger partial charge < -0.3 is 5.73 Å². The van der Waals surface area contributed by atoms with E-state index in [1.807, 2.05) is 20.8 Å². The molecule has 0 aliphatic carbocycles. The lowest BCUT2D eigenvalue weighted by atomic mass is 10.0. The lowest BCUT2D eigenvalue weighted by molar-refractivity contribution is -0.120. The summed E-state index contributed by atoms with van der Waals surface area (Å²) in [6, 6.07) is -0.231. The van der Waals surface area contributed by atoms with Gasteiger partial charge in [0.05, 0.1) is 6.04 Å². The number of carbonyl (C=O) groups is 1. The zero-order valence-electron chi connectivity index (χ0n) is 9.05. The molecule has 0 radical (unpaired) electrons. The van der Waals surface area contributed by atoms with E-state index in [1.54, 1.807) is 0 Å². The molecule has 2 nitrogen and oxygen atoms in total. The van der Waals surface area contributed by atoms with Crippen LogP contribution in [0.5, 0.6) is 0 Å². The summed E-state index contributed by atoms with van der Waals surface area (Å²) in [5, 5.41) is 0. The van der Waals surface area contributed by atoms with Gasteiger partial charge in [-0.15, -0.1) is 0 Å². The van der Waals surface area contributed by atoms with Crippen molar-refractivity contribution in [2.45, 2.75) is 53.5 Å². The fourth-order valence-corrected chi connectivity index (χ4v) is 0.902. The highest BCUT2D eigenvalue weighted by Gasteiger charge is 2.11. The summed E-state index contributed by atoms with van der Waals surface area (Å²) in [4.78, 5) is 10.9. The highest BCUT2D eigenvalue weighted by atomic mass is 16.1. The molecular formula is C10H25NO. The van der Waals surface area contributed by atoms with Gasteiger partial charge in [0.2, 0.25) is 0 Å². The first-order valence-corrected chi connectivity index (χ1v) is 4.86. The average Bonchev–Trinajstić information content (AvgIpc) is 2.05. The summed E-state index contributed by atoms with van der Waals surface area (Å²) in [7, 11) is 0. The van der Waals surface area contributed by atoms with Gasteiger partial charge in [-0.05, 0) is 12.3 Å². The van der Waals surface area contributed by atoms with E-state index in [9.17, 15) is 4.79 Å². The Bertz CT molecular complexity index is 115. The maximum Gasteiger partial charge on any atom is 0.149 e. The van der Waals surface area contributed by atoms with E-state index in [0.717, 1.165) is 6.42 Å². The predicted molar refractivity (Wildman–Crippen MR) is 56.2 cm³/mol. The van der Waals surface area contributed by atoms with Crippen LogP contribution >= 0.6 is 0 Å². The monoisotopic (exact) mass is 175 g/mol. The molecule has 12 heavy (non-hydrogen) atoms. The Hall–Kier alpha value is -0.370. The summed E-state index contributed by atoms with van der Waals surface area (Å²) >= 11 is 0. The van der Waals surface area contributed by atoms with Gasteiger partial charge in [-0.3, -0.25) is 4.79 Å². The van der Waals surface area contributed by atoms with E-state index in [2.05, 4.69) is 13.8 Å². The first-order valence-electron chi connectivity index (χ1n) is 4.86. The van der Waals surface area contributed by atoms with Gasteiger partial charge in [0.1, 0.15) is 5.78 Å². The molecule has 0 aromatic heterocycles. The summed E-state index contributed by atoms with van der Waals surface area (Å²) in [6.07, 6.45) is 1.38. The number of hydrogen-bond donors (Lipinski definition) is 1. The van der Waals surface area contributed by atoms with E-state index in [1.165, 1.54) is 0 Å². The van der Waals surface area contributed by atoms with Gasteiger partial charge in [0.15, 0.2) is 0 Å². The molecule has 0 rings (SSSR count). The highest BCUT2D eigenvalue weighted by molar-refractivity contribution is 5.83. The van der Waals surface area contributed by atoms with Crippen LogP contribution in [-0.4, -0.2) is 11.8 Å². The lowest BCUT2D eigenvalue weighted by Crippen LogP contribution is -2.31. The molecule has 0 aromatic carbocycles. The minimum absolute atomic E-state index is 0. The van der Waals surface area contributed by atoms with E-state index in [4.69, 9.17) is 5.73 Å². The molecule has 1 atom stereocenters. The number of rotatable bonds is 4. The second kappa shape index (κ2) is 8.72. The van der Waals surface area contributed by atoms with Crippen LogP contribution in [0.4, 0.5) is 0 Å². The molecule has 0 saturated heterocycles. The van der Waals surface area contributed by atoms with Crippen LogP contribution in [0.2, 0.25) is 0 Å². The average molecular weight is 175 g/mol. The first-order chi connectivity index (χ1) is 5.57. The van der Waals surface area contributed by atoms with Crippen LogP contribution in [0.3, 0.4) is 0 Å². The SMILES string of the molecule is CC.CCC(=O)C(N)CC(C)C.[HH]. The van der Waals surface area contributed by atoms with Crippen molar-refractivity contribution in [2.24, 2.45) is 11.7 Å². The second-order valence-electron chi connectivity index (χ2n) is 3.06. The van der Waals surface area contributed by atoms with Crippen molar-refractivity contribution < 1.29 is 6.22 Å². The van der Waals surface area contributed by atoms with Crippen molar-refractivity contribution in [1.29, 1.82) is 0 Å². The summed E-state index contributed by atoms with van der Waals surface area (Å²) in [5.41, 5.74) is 5.58. The Morgan fingerprint density at radius 1 is 1.42 bits per heavy atom. The molecule has 0 bridgehead atoms. The Morgan fingerprint density at radius 3 is 2.08 bits per heavy atom. The molecule has 2 N–H and O–H groups in total. The minimum Gasteiger partial charge on any atom is -0.322 e. The molecule has 0 spiro atoms. The maximum atomic E-state index is 10.9. The van der Waals surface area contributed by atoms with Gasteiger partial charge in [-0.1, -0.05) is 34.6 Å². The third kappa shape index (κ3) is 7.73. The van der Waals surface area contributed by atoms with Crippen LogP contribution in [-0.2, 0) is 4.79 Å². The summed E-state index contributed by atoms with van der Waals surface area (Å²) in [6.45, 7) is 9.99. The highest BCUT2D eigenvalue weighted by Crippen LogP contribution is 2.04. The van der Waals surface area contributed by atoms with Crippen LogP contribution in [0.1, 0.15) is 48.9 Å². The number of nitrogens with two attached hydrogens (primary N) is 1. The third-order valence-electron chi connectivity index (χ3n) is 1.49. The smallest absolute Gasteiger partial charge is 0.149 e. The van der Waals surface area contributed by atoms with Crippen molar-refractivity contribution in [3.63, 3.8) is 0 Å². The van der Waals surface area contributed by atoms with Crippen molar-refractivity contribution >= 4 is 5.78 Å². The molecule has 0 saturated carbocycles. The van der Waals surface area contributed by atoms with E-state index >= 15 is 0 Å². The quantitative estimate of drug-likeness (QED) is 0.713. The van der Waals surface area contributed by atoms with E-state index in [-0.39, 0.29) is 13.3 Å². The number of carbonyl (C=O) groups excluding carboxylic acids is 1. The number of ketones is 1. The number of hydrogen-bond acceptors (Lipinski definition) is 2. The van der Waals surface area contributed by atoms with Crippen LogP contribution in [0, 0.1) is 5.92 Å². The molecule has 0 fully saturated rings. The molecule has 1 unspecified atom stereocenters. The summed E-state index contributed by atoms with van der Waals surface area (Å²) < 4.78 is 0. The lowest BCUT2D eigenvalue weighted by Gasteiger charge is -2.10. The van der Waals surface area contributed by atoms with Gasteiger partial charge >= 0.3 is 0 Å². The topological polar surface area (TPSA) is 43.1 Å². The molecule has 0 aliphatic heterocycles. The Labute approximate surface area is 78.0 Å². The molecule has 0 aromatic rings. The standard InChI is InChI=1S/C8H17NO.C2H6.H2/c1-4-8(10)7(9)5-6(2)3;1-2;/h6-7H,4-5,9H2,1-3H3;1-2H3;1H. The zero-order chi connectivity index (χ0) is 10.1. The Balaban J connectivity index is -0.000000309. The Kier molecular flexibility index (Phi) is 10.3. The largest absolute Gasteiger partial charge is 0.322 e. The van der Waals surface area contributed by atoms with E-state index < -0.39 is 0 Å². The normalized spacial score (nSPS) is 11.9. The first kappa shape index (κ1) is 14.2. The molecule has 0 heterocycles. The van der Waals surface area contributed by atoms with Crippen LogP contribution < -0.4 is 5.73 Å². The van der Waals surface area contributed by atoms with E-state index in [0.29, 0.717) is 12.3 Å². The van der Waals surface area contributed by atoms with Crippen LogP contribution in [0.25, 0.3) is 0 Å². The molecule has 0 amide bonds. The van der Waals surface area contributed by atoms with Crippen molar-refractivity contribution in [3.05, 3.63) is 0 Å². The van der Waals surface area contributed by atoms with Crippen molar-refractivity contribution in [1.82, 2.24) is 0 Å². The molecular weight excluding hydrogens is 150 g/mol. The fraction of sp³-hybridized carbons (Fsp3) is 0.900. The fourth-order valence-electron chi connectivity index (χ4n) is 0.902. The summed E-state index contributed by atoms with van der Waals surface area (Å²) in [5.74, 6) is 0.694. The molecule has 0 aliphatic rings. The zero-order valence-corrected chi connectivity index (χ0v) is 9.05. The van der Waals surface area contributed by atoms with Crippen molar-refractivity contribution in [3.8, 4) is 0 Å². The second-order valence-corrected chi connectivity index (χ2v) is 3.06. The van der Waals surface area contributed by atoms with Gasteiger partial charge in [0.25, 0.3) is 0 Å². The maximum absolute atomic E-state index is 10.9. The number of Topliss-reactive ketones (excluding diaryl/α,β-unsaturated/α-hetero) is 1. The minimum atomic E-state index is -0.231. The van der Waals surface area contributed by atoms with Crippen LogP contribution in [0.15, 0.2) is 0 Å². The Morgan fingerprint density at radius 2 is 1.83 bits per heavy atom. The van der Waals surface area contributed by atoms with Gasteiger partial charge in [0, 0.05) is 7.85 Å². The predicted octanol–water partition coefficient (Wildman–Crippen LogP) is 2.61. The third-order valence-corrected chi connectivity index (χ3v) is 1.49. The van der Waals surface area contributed by atoms with Crippen molar-refractivity contribution in [2.75, 3.05) is 0 Å². The van der Waals surface area contributed by atoms with Gasteiger partial charge in [-0.25, -0.2) is 0 Å². The molecule has 2 heteroatoms.